The minimum atomic E-state index is -4.81. The summed E-state index contributed by atoms with van der Waals surface area (Å²) >= 11 is 0. The molecule has 3 rings (SSSR count). The summed E-state index contributed by atoms with van der Waals surface area (Å²) in [5.74, 6) is -3.33. The second-order valence-electron chi connectivity index (χ2n) is 6.25. The Morgan fingerprint density at radius 2 is 1.00 bits per heavy atom. The first-order valence-corrected chi connectivity index (χ1v) is 8.03. The van der Waals surface area contributed by atoms with E-state index in [1.165, 1.54) is 62.4 Å². The summed E-state index contributed by atoms with van der Waals surface area (Å²) in [5, 5.41) is 0. The lowest BCUT2D eigenvalue weighted by Crippen LogP contribution is -2.11. The molecule has 27 heavy (non-hydrogen) atoms. The zero-order valence-electron chi connectivity index (χ0n) is 14.4. The van der Waals surface area contributed by atoms with Crippen molar-refractivity contribution in [2.75, 3.05) is 0 Å². The van der Waals surface area contributed by atoms with Gasteiger partial charge in [0.1, 0.15) is 5.82 Å². The van der Waals surface area contributed by atoms with Gasteiger partial charge in [-0.05, 0) is 36.1 Å². The summed E-state index contributed by atoms with van der Waals surface area (Å²) in [6, 6.07) is 10.9. The smallest absolute Gasteiger partial charge is 0.206 e. The highest BCUT2D eigenvalue weighted by Crippen LogP contribution is 2.38. The molecule has 3 aromatic rings. The van der Waals surface area contributed by atoms with Crippen LogP contribution in [0.15, 0.2) is 48.5 Å². The number of alkyl halides is 3. The third-order valence-electron chi connectivity index (χ3n) is 4.42. The van der Waals surface area contributed by atoms with Gasteiger partial charge >= 0.3 is 6.18 Å². The Kier molecular flexibility index (Phi) is 4.76. The first-order chi connectivity index (χ1) is 12.6. The van der Waals surface area contributed by atoms with Gasteiger partial charge < -0.3 is 0 Å². The van der Waals surface area contributed by atoms with Gasteiger partial charge in [0.25, 0.3) is 0 Å². The Morgan fingerprint density at radius 1 is 0.556 bits per heavy atom. The number of halogens is 6. The molecule has 0 aliphatic heterocycles. The van der Waals surface area contributed by atoms with E-state index >= 15 is 0 Å². The predicted molar refractivity (Wildman–Crippen MR) is 91.7 cm³/mol. The van der Waals surface area contributed by atoms with Crippen LogP contribution in [0.2, 0.25) is 0 Å². The molecule has 6 heteroatoms. The molecule has 140 valence electrons. The Labute approximate surface area is 152 Å². The van der Waals surface area contributed by atoms with Crippen LogP contribution in [0.1, 0.15) is 16.7 Å². The van der Waals surface area contributed by atoms with E-state index in [2.05, 4.69) is 0 Å². The molecule has 0 saturated heterocycles. The molecule has 0 atom stereocenters. The second kappa shape index (κ2) is 6.76. The minimum Gasteiger partial charge on any atom is -0.206 e. The highest BCUT2D eigenvalue weighted by Gasteiger charge is 2.37. The zero-order chi connectivity index (χ0) is 19.9. The number of benzene rings is 3. The Morgan fingerprint density at radius 3 is 1.48 bits per heavy atom. The Hall–Kier alpha value is -2.76. The quantitative estimate of drug-likeness (QED) is 0.417. The molecule has 0 amide bonds. The highest BCUT2D eigenvalue weighted by molar-refractivity contribution is 5.72. The molecular formula is C21H14F6. The number of hydrogen-bond acceptors (Lipinski definition) is 0. The van der Waals surface area contributed by atoms with Gasteiger partial charge in [-0.15, -0.1) is 0 Å². The van der Waals surface area contributed by atoms with Crippen molar-refractivity contribution in [2.45, 2.75) is 20.0 Å². The van der Waals surface area contributed by atoms with Crippen LogP contribution in [0.5, 0.6) is 0 Å². The molecule has 3 aromatic carbocycles. The Balaban J connectivity index is 2.06. The van der Waals surface area contributed by atoms with Crippen molar-refractivity contribution in [3.8, 4) is 22.3 Å². The minimum absolute atomic E-state index is 0.0185. The normalized spacial score (nSPS) is 11.7. The van der Waals surface area contributed by atoms with Gasteiger partial charge in [0.05, 0.1) is 5.56 Å². The molecule has 0 radical (unpaired) electrons. The molecule has 0 saturated carbocycles. The van der Waals surface area contributed by atoms with Gasteiger partial charge in [0, 0.05) is 11.1 Å². The van der Waals surface area contributed by atoms with Gasteiger partial charge in [-0.25, -0.2) is 13.2 Å². The molecule has 0 N–H and O–H groups in total. The van der Waals surface area contributed by atoms with E-state index in [9.17, 15) is 26.3 Å². The molecule has 0 unspecified atom stereocenters. The van der Waals surface area contributed by atoms with Crippen LogP contribution >= 0.6 is 0 Å². The van der Waals surface area contributed by atoms with E-state index in [-0.39, 0.29) is 27.8 Å². The number of hydrogen-bond donors (Lipinski definition) is 0. The van der Waals surface area contributed by atoms with Crippen LogP contribution in [0, 0.1) is 31.3 Å². The van der Waals surface area contributed by atoms with Gasteiger partial charge in [-0.3, -0.25) is 0 Å². The third kappa shape index (κ3) is 3.44. The van der Waals surface area contributed by atoms with E-state index in [1.54, 1.807) is 0 Å². The maximum atomic E-state index is 14.5. The predicted octanol–water partition coefficient (Wildman–Crippen LogP) is 7.07. The van der Waals surface area contributed by atoms with Crippen LogP contribution in [0.25, 0.3) is 22.3 Å². The summed E-state index contributed by atoms with van der Waals surface area (Å²) in [6.07, 6.45) is -4.81. The molecule has 0 bridgehead atoms. The molecular weight excluding hydrogens is 366 g/mol. The summed E-state index contributed by atoms with van der Waals surface area (Å²) in [4.78, 5) is 0. The van der Waals surface area contributed by atoms with Crippen LogP contribution < -0.4 is 0 Å². The van der Waals surface area contributed by atoms with Crippen molar-refractivity contribution < 1.29 is 26.3 Å². The lowest BCUT2D eigenvalue weighted by atomic mass is 9.96. The molecule has 0 heterocycles. The SMILES string of the molecule is Cc1ccc(-c2ccc(-c3ccc(C)c(C(F)(F)F)c3F)cc2)c(F)c1F. The van der Waals surface area contributed by atoms with E-state index < -0.39 is 29.2 Å². The fraction of sp³-hybridized carbons (Fsp3) is 0.143. The fourth-order valence-corrected chi connectivity index (χ4v) is 2.94. The second-order valence-corrected chi connectivity index (χ2v) is 6.25. The van der Waals surface area contributed by atoms with E-state index in [1.807, 2.05) is 0 Å². The standard InChI is InChI=1S/C21H14F6/c1-11-3-9-15(19(23)17(11)21(25,26)27)13-5-7-14(8-6-13)16-10-4-12(2)18(22)20(16)24/h3-10H,1-2H3. The third-order valence-corrected chi connectivity index (χ3v) is 4.42. The van der Waals surface area contributed by atoms with Crippen LogP contribution in [-0.2, 0) is 6.18 Å². The Bertz CT molecular complexity index is 1000. The average Bonchev–Trinajstić information content (AvgIpc) is 2.59. The van der Waals surface area contributed by atoms with Crippen molar-refractivity contribution in [1.82, 2.24) is 0 Å². The summed E-state index contributed by atoms with van der Waals surface area (Å²) in [6.45, 7) is 2.62. The molecule has 0 aliphatic carbocycles. The van der Waals surface area contributed by atoms with Crippen LogP contribution in [0.3, 0.4) is 0 Å². The van der Waals surface area contributed by atoms with Gasteiger partial charge in [0.2, 0.25) is 0 Å². The first kappa shape index (κ1) is 19.0. The first-order valence-electron chi connectivity index (χ1n) is 8.03. The van der Waals surface area contributed by atoms with Gasteiger partial charge in [-0.2, -0.15) is 13.2 Å². The average molecular weight is 380 g/mol. The zero-order valence-corrected chi connectivity index (χ0v) is 14.4. The monoisotopic (exact) mass is 380 g/mol. The van der Waals surface area contributed by atoms with Gasteiger partial charge in [-0.1, -0.05) is 48.5 Å². The topological polar surface area (TPSA) is 0 Å². The van der Waals surface area contributed by atoms with Gasteiger partial charge in [0.15, 0.2) is 11.6 Å². The van der Waals surface area contributed by atoms with Crippen molar-refractivity contribution in [1.29, 1.82) is 0 Å². The van der Waals surface area contributed by atoms with E-state index in [0.29, 0.717) is 5.56 Å². The molecule has 0 spiro atoms. The summed E-state index contributed by atoms with van der Waals surface area (Å²) in [5.41, 5.74) is -1.02. The van der Waals surface area contributed by atoms with Crippen molar-refractivity contribution in [2.24, 2.45) is 0 Å². The fourth-order valence-electron chi connectivity index (χ4n) is 2.94. The summed E-state index contributed by atoms with van der Waals surface area (Å²) in [7, 11) is 0. The lowest BCUT2D eigenvalue weighted by molar-refractivity contribution is -0.140. The molecule has 0 nitrogen and oxygen atoms in total. The summed E-state index contributed by atoms with van der Waals surface area (Å²) < 4.78 is 81.6. The van der Waals surface area contributed by atoms with E-state index in [4.69, 9.17) is 0 Å². The lowest BCUT2D eigenvalue weighted by Gasteiger charge is -2.15. The molecule has 0 fully saturated rings. The number of aryl methyl sites for hydroxylation is 2. The van der Waals surface area contributed by atoms with Crippen LogP contribution in [0.4, 0.5) is 26.3 Å². The van der Waals surface area contributed by atoms with Crippen molar-refractivity contribution in [3.05, 3.63) is 82.7 Å². The molecule has 0 aromatic heterocycles. The molecule has 0 aliphatic rings. The van der Waals surface area contributed by atoms with Crippen molar-refractivity contribution >= 4 is 0 Å². The van der Waals surface area contributed by atoms with E-state index in [0.717, 1.165) is 0 Å². The maximum absolute atomic E-state index is 14.5. The highest BCUT2D eigenvalue weighted by atomic mass is 19.4. The largest absolute Gasteiger partial charge is 0.419 e. The number of rotatable bonds is 2. The van der Waals surface area contributed by atoms with Crippen molar-refractivity contribution in [3.63, 3.8) is 0 Å². The van der Waals surface area contributed by atoms with Crippen LogP contribution in [-0.4, -0.2) is 0 Å². The maximum Gasteiger partial charge on any atom is 0.419 e.